The van der Waals surface area contributed by atoms with Crippen LogP contribution in [0.4, 0.5) is 11.4 Å². The lowest BCUT2D eigenvalue weighted by Gasteiger charge is -2.19. The van der Waals surface area contributed by atoms with Crippen LogP contribution < -0.4 is 10.2 Å². The smallest absolute Gasteiger partial charge is 0.255 e. The molecule has 1 amide bonds. The van der Waals surface area contributed by atoms with Crippen LogP contribution in [0, 0.1) is 6.92 Å². The van der Waals surface area contributed by atoms with Gasteiger partial charge in [0.25, 0.3) is 5.91 Å². The van der Waals surface area contributed by atoms with Crippen molar-refractivity contribution in [2.45, 2.75) is 39.2 Å². The van der Waals surface area contributed by atoms with Crippen molar-refractivity contribution in [3.8, 4) is 0 Å². The third-order valence-electron chi connectivity index (χ3n) is 5.80. The molecular formula is C22H24N4O. The number of carbonyl (C=O) groups is 1. The first-order chi connectivity index (χ1) is 13.2. The van der Waals surface area contributed by atoms with Crippen molar-refractivity contribution in [2.24, 2.45) is 0 Å². The van der Waals surface area contributed by atoms with Crippen molar-refractivity contribution in [3.05, 3.63) is 53.3 Å². The molecule has 27 heavy (non-hydrogen) atoms. The Kier molecular flexibility index (Phi) is 3.88. The van der Waals surface area contributed by atoms with Crippen LogP contribution in [-0.2, 0) is 13.0 Å². The fourth-order valence-electron chi connectivity index (χ4n) is 4.30. The number of amides is 1. The van der Waals surface area contributed by atoms with E-state index in [0.717, 1.165) is 60.6 Å². The molecule has 5 heteroatoms. The van der Waals surface area contributed by atoms with Crippen molar-refractivity contribution in [1.29, 1.82) is 0 Å². The van der Waals surface area contributed by atoms with E-state index in [4.69, 9.17) is 0 Å². The number of carbonyl (C=O) groups excluding carboxylic acids is 1. The monoisotopic (exact) mass is 360 g/mol. The zero-order chi connectivity index (χ0) is 18.4. The number of benzene rings is 2. The van der Waals surface area contributed by atoms with Crippen LogP contribution in [0.2, 0.25) is 0 Å². The minimum Gasteiger partial charge on any atom is -0.372 e. The van der Waals surface area contributed by atoms with E-state index in [1.807, 2.05) is 24.3 Å². The van der Waals surface area contributed by atoms with Crippen molar-refractivity contribution in [3.63, 3.8) is 0 Å². The Labute approximate surface area is 159 Å². The van der Waals surface area contributed by atoms with Gasteiger partial charge in [0.15, 0.2) is 0 Å². The van der Waals surface area contributed by atoms with Gasteiger partial charge in [-0.1, -0.05) is 0 Å². The van der Waals surface area contributed by atoms with Crippen LogP contribution in [0.5, 0.6) is 0 Å². The number of aromatic nitrogens is 2. The number of hydrogen-bond donors (Lipinski definition) is 1. The summed E-state index contributed by atoms with van der Waals surface area (Å²) < 4.78 is 2.24. The lowest BCUT2D eigenvalue weighted by molar-refractivity contribution is 0.102. The summed E-state index contributed by atoms with van der Waals surface area (Å²) in [6.07, 6.45) is 4.69. The largest absolute Gasteiger partial charge is 0.372 e. The maximum absolute atomic E-state index is 12.8. The zero-order valence-corrected chi connectivity index (χ0v) is 15.7. The molecule has 0 atom stereocenters. The predicted molar refractivity (Wildman–Crippen MR) is 109 cm³/mol. The van der Waals surface area contributed by atoms with Gasteiger partial charge >= 0.3 is 0 Å². The van der Waals surface area contributed by atoms with Gasteiger partial charge in [0.05, 0.1) is 11.0 Å². The SMILES string of the molecule is Cc1cc(N2CCCC2)ccc1NC(=O)c1ccc2nc3n(c2c1)CCC3. The number of nitrogens with one attached hydrogen (secondary N) is 1. The van der Waals surface area contributed by atoms with Crippen molar-refractivity contribution in [2.75, 3.05) is 23.3 Å². The van der Waals surface area contributed by atoms with E-state index >= 15 is 0 Å². The summed E-state index contributed by atoms with van der Waals surface area (Å²) in [5.41, 5.74) is 5.95. The molecule has 0 bridgehead atoms. The highest BCUT2D eigenvalue weighted by molar-refractivity contribution is 6.06. The highest BCUT2D eigenvalue weighted by Crippen LogP contribution is 2.27. The second-order valence-corrected chi connectivity index (χ2v) is 7.63. The first kappa shape index (κ1) is 16.4. The van der Waals surface area contributed by atoms with Crippen LogP contribution >= 0.6 is 0 Å². The first-order valence-corrected chi connectivity index (χ1v) is 9.85. The Hall–Kier alpha value is -2.82. The van der Waals surface area contributed by atoms with Gasteiger partial charge in [-0.15, -0.1) is 0 Å². The molecular weight excluding hydrogens is 336 g/mol. The topological polar surface area (TPSA) is 50.2 Å². The minimum absolute atomic E-state index is 0.0672. The fraction of sp³-hybridized carbons (Fsp3) is 0.364. The molecule has 1 saturated heterocycles. The highest BCUT2D eigenvalue weighted by Gasteiger charge is 2.18. The second-order valence-electron chi connectivity index (χ2n) is 7.63. The summed E-state index contributed by atoms with van der Waals surface area (Å²) in [6.45, 7) is 5.30. The van der Waals surface area contributed by atoms with Crippen LogP contribution in [0.3, 0.4) is 0 Å². The van der Waals surface area contributed by atoms with E-state index in [0.29, 0.717) is 5.56 Å². The van der Waals surface area contributed by atoms with Crippen molar-refractivity contribution >= 4 is 28.3 Å². The number of rotatable bonds is 3. The molecule has 1 fully saturated rings. The first-order valence-electron chi connectivity index (χ1n) is 9.85. The van der Waals surface area contributed by atoms with E-state index in [9.17, 15) is 4.79 Å². The minimum atomic E-state index is -0.0672. The van der Waals surface area contributed by atoms with E-state index in [-0.39, 0.29) is 5.91 Å². The van der Waals surface area contributed by atoms with Crippen molar-refractivity contribution in [1.82, 2.24) is 9.55 Å². The van der Waals surface area contributed by atoms with Gasteiger partial charge in [-0.05, 0) is 68.1 Å². The standard InChI is InChI=1S/C22H24N4O/c1-15-13-17(25-10-2-3-11-25)7-9-18(15)24-22(27)16-6-8-19-20(14-16)26-12-4-5-21(26)23-19/h6-9,13-14H,2-5,10-12H2,1H3,(H,24,27). The number of aryl methyl sites for hydroxylation is 3. The molecule has 2 aromatic carbocycles. The van der Waals surface area contributed by atoms with Crippen molar-refractivity contribution < 1.29 is 4.79 Å². The van der Waals surface area contributed by atoms with Gasteiger partial charge in [0.1, 0.15) is 5.82 Å². The summed E-state index contributed by atoms with van der Waals surface area (Å²) >= 11 is 0. The van der Waals surface area contributed by atoms with Gasteiger partial charge in [0, 0.05) is 43.0 Å². The molecule has 5 nitrogen and oxygen atoms in total. The Morgan fingerprint density at radius 1 is 1.04 bits per heavy atom. The zero-order valence-electron chi connectivity index (χ0n) is 15.7. The van der Waals surface area contributed by atoms with Crippen LogP contribution in [-0.4, -0.2) is 28.5 Å². The molecule has 0 aliphatic carbocycles. The normalized spacial score (nSPS) is 16.1. The molecule has 2 aliphatic rings. The second kappa shape index (κ2) is 6.41. The maximum Gasteiger partial charge on any atom is 0.255 e. The van der Waals surface area contributed by atoms with Crippen LogP contribution in [0.15, 0.2) is 36.4 Å². The van der Waals surface area contributed by atoms with E-state index in [1.54, 1.807) is 0 Å². The lowest BCUT2D eigenvalue weighted by atomic mass is 10.1. The van der Waals surface area contributed by atoms with Gasteiger partial charge in [-0.2, -0.15) is 0 Å². The molecule has 3 heterocycles. The molecule has 0 radical (unpaired) electrons. The Balaban J connectivity index is 1.39. The van der Waals surface area contributed by atoms with Gasteiger partial charge in [-0.25, -0.2) is 4.98 Å². The fourth-order valence-corrected chi connectivity index (χ4v) is 4.30. The number of hydrogen-bond acceptors (Lipinski definition) is 3. The van der Waals surface area contributed by atoms with Gasteiger partial charge in [-0.3, -0.25) is 4.79 Å². The number of imidazole rings is 1. The molecule has 1 aromatic heterocycles. The van der Waals surface area contributed by atoms with E-state index in [2.05, 4.69) is 38.8 Å². The highest BCUT2D eigenvalue weighted by atomic mass is 16.1. The molecule has 138 valence electrons. The quantitative estimate of drug-likeness (QED) is 0.764. The summed E-state index contributed by atoms with van der Waals surface area (Å²) in [6, 6.07) is 12.1. The number of nitrogens with zero attached hydrogens (tertiary/aromatic N) is 3. The molecule has 3 aromatic rings. The summed E-state index contributed by atoms with van der Waals surface area (Å²) in [5.74, 6) is 1.07. The van der Waals surface area contributed by atoms with Gasteiger partial charge < -0.3 is 14.8 Å². The summed E-state index contributed by atoms with van der Waals surface area (Å²) in [4.78, 5) is 19.9. The third-order valence-corrected chi connectivity index (χ3v) is 5.80. The third kappa shape index (κ3) is 2.87. The Morgan fingerprint density at radius 3 is 2.70 bits per heavy atom. The number of fused-ring (bicyclic) bond motifs is 3. The van der Waals surface area contributed by atoms with E-state index < -0.39 is 0 Å². The lowest BCUT2D eigenvalue weighted by Crippen LogP contribution is -2.18. The molecule has 0 saturated carbocycles. The molecule has 0 spiro atoms. The molecule has 2 aliphatic heterocycles. The molecule has 0 unspecified atom stereocenters. The maximum atomic E-state index is 12.8. The Morgan fingerprint density at radius 2 is 1.89 bits per heavy atom. The summed E-state index contributed by atoms with van der Waals surface area (Å²) in [7, 11) is 0. The average Bonchev–Trinajstić information content (AvgIpc) is 3.40. The number of anilines is 2. The molecule has 1 N–H and O–H groups in total. The van der Waals surface area contributed by atoms with Gasteiger partial charge in [0.2, 0.25) is 0 Å². The van der Waals surface area contributed by atoms with Crippen LogP contribution in [0.1, 0.15) is 41.0 Å². The van der Waals surface area contributed by atoms with Crippen LogP contribution in [0.25, 0.3) is 11.0 Å². The Bertz CT molecular complexity index is 1030. The van der Waals surface area contributed by atoms with E-state index in [1.165, 1.54) is 18.5 Å². The predicted octanol–water partition coefficient (Wildman–Crippen LogP) is 4.14. The summed E-state index contributed by atoms with van der Waals surface area (Å²) in [5, 5.41) is 3.08. The molecule has 5 rings (SSSR count). The average molecular weight is 360 g/mol.